The molecule has 18 heteroatoms. The van der Waals surface area contributed by atoms with Crippen LogP contribution in [0.4, 0.5) is 0 Å². The highest BCUT2D eigenvalue weighted by Crippen LogP contribution is 2.28. The van der Waals surface area contributed by atoms with Gasteiger partial charge < -0.3 is 50.8 Å². The van der Waals surface area contributed by atoms with Gasteiger partial charge in [0.25, 0.3) is 0 Å². The Hall–Kier alpha value is -3.48. The molecule has 1 heterocycles. The van der Waals surface area contributed by atoms with E-state index in [0.717, 1.165) is 57.8 Å². The first kappa shape index (κ1) is 55.7. The van der Waals surface area contributed by atoms with Crippen molar-refractivity contribution in [2.24, 2.45) is 5.73 Å². The topological polar surface area (TPSA) is 259 Å². The van der Waals surface area contributed by atoms with Gasteiger partial charge in [0.15, 0.2) is 1.41 Å². The summed E-state index contributed by atoms with van der Waals surface area (Å²) in [4.78, 5) is 87.2. The van der Waals surface area contributed by atoms with Crippen LogP contribution < -0.4 is 21.7 Å². The van der Waals surface area contributed by atoms with Crippen LogP contribution >= 0.6 is 12.6 Å². The van der Waals surface area contributed by atoms with Crippen LogP contribution in [0.15, 0.2) is 0 Å². The Labute approximate surface area is 382 Å². The number of primary amides is 1. The zero-order chi connectivity index (χ0) is 48.0. The van der Waals surface area contributed by atoms with Crippen molar-refractivity contribution in [2.75, 3.05) is 6.61 Å². The zero-order valence-corrected chi connectivity index (χ0v) is 39.4. The van der Waals surface area contributed by atoms with E-state index in [4.69, 9.17) is 31.2 Å². The molecule has 0 saturated carbocycles. The Bertz CT molecular complexity index is 1410. The second kappa shape index (κ2) is 33.9. The first-order valence-corrected chi connectivity index (χ1v) is 23.9. The molecule has 9 atom stereocenters. The molecule has 7 N–H and O–H groups in total. The van der Waals surface area contributed by atoms with Crippen LogP contribution in [0.1, 0.15) is 182 Å². The van der Waals surface area contributed by atoms with Crippen LogP contribution in [0.25, 0.3) is 0 Å². The summed E-state index contributed by atoms with van der Waals surface area (Å²) in [7, 11) is 0. The van der Waals surface area contributed by atoms with Gasteiger partial charge in [0.05, 0.1) is 12.5 Å². The molecule has 0 unspecified atom stereocenters. The molecule has 0 bridgehead atoms. The summed E-state index contributed by atoms with van der Waals surface area (Å²) in [5.74, 6) is -5.83. The number of carbonyl (C=O) groups is 7. The smallest absolute Gasteiger partial charge is 0.309 e. The maximum Gasteiger partial charge on any atom is 0.309 e. The second-order valence-electron chi connectivity index (χ2n) is 16.8. The van der Waals surface area contributed by atoms with Crippen molar-refractivity contribution in [3.63, 3.8) is 0 Å². The number of aliphatic hydroxyl groups excluding tert-OH is 1. The van der Waals surface area contributed by atoms with Crippen molar-refractivity contribution in [1.82, 2.24) is 15.9 Å². The number of carbonyl (C=O) groups excluding carboxylic acids is 6. The van der Waals surface area contributed by atoms with E-state index < -0.39 is 103 Å². The predicted octanol–water partition coefficient (Wildman–Crippen LogP) is 5.31. The van der Waals surface area contributed by atoms with Gasteiger partial charge in [-0.15, -0.1) is 12.6 Å². The van der Waals surface area contributed by atoms with E-state index in [1.807, 2.05) is 0 Å². The minimum Gasteiger partial charge on any atom is -0.481 e. The zero-order valence-electron chi connectivity index (χ0n) is 39.5. The number of nitrogens with one attached hydrogen (secondary N) is 3. The number of aliphatic carboxylic acids is 1. The first-order valence-electron chi connectivity index (χ1n) is 23.8. The van der Waals surface area contributed by atoms with Gasteiger partial charge in [0.1, 0.15) is 54.6 Å². The lowest BCUT2D eigenvalue weighted by Gasteiger charge is -2.43. The normalized spacial score (nSPS) is 20.6. The predicted molar refractivity (Wildman–Crippen MR) is 240 cm³/mol. The molecule has 364 valence electrons. The van der Waals surface area contributed by atoms with Crippen molar-refractivity contribution in [1.29, 1.82) is 0 Å². The summed E-state index contributed by atoms with van der Waals surface area (Å²) in [6.07, 6.45) is 13.3. The van der Waals surface area contributed by atoms with Crippen LogP contribution in [-0.2, 0) is 52.5 Å². The van der Waals surface area contributed by atoms with Gasteiger partial charge in [-0.05, 0) is 39.5 Å². The quantitative estimate of drug-likeness (QED) is 0.0239. The highest BCUT2D eigenvalue weighted by Gasteiger charge is 2.47. The second-order valence-corrected chi connectivity index (χ2v) is 17.3. The summed E-state index contributed by atoms with van der Waals surface area (Å²) in [5, 5.41) is 25.5. The summed E-state index contributed by atoms with van der Waals surface area (Å²) < 4.78 is 31.4. The van der Waals surface area contributed by atoms with Crippen LogP contribution in [0, 0.1) is 0 Å². The number of hydrogen-bond acceptors (Lipinski definition) is 13. The highest BCUT2D eigenvalue weighted by atomic mass is 32.1. The van der Waals surface area contributed by atoms with E-state index in [1.54, 1.807) is 0 Å². The number of rotatable bonds is 36. The summed E-state index contributed by atoms with van der Waals surface area (Å²) >= 11 is 4.44. The van der Waals surface area contributed by atoms with Gasteiger partial charge in [-0.2, -0.15) is 0 Å². The van der Waals surface area contributed by atoms with Gasteiger partial charge in [0.2, 0.25) is 23.6 Å². The number of unbranched alkanes of at least 4 members (excludes halogenated alkanes) is 16. The maximum absolute atomic E-state index is 13.3. The van der Waals surface area contributed by atoms with Crippen molar-refractivity contribution >= 4 is 54.2 Å². The van der Waals surface area contributed by atoms with E-state index in [2.05, 4.69) is 37.1 Å². The average Bonchev–Trinajstić information content (AvgIpc) is 3.24. The number of carboxylic acids is 1. The third kappa shape index (κ3) is 26.2. The third-order valence-electron chi connectivity index (χ3n) is 11.0. The number of ether oxygens (including phenoxy) is 4. The Balaban J connectivity index is 2.91. The lowest BCUT2D eigenvalue weighted by molar-refractivity contribution is -0.204. The van der Waals surface area contributed by atoms with Gasteiger partial charge in [0, 0.05) is 19.8 Å². The lowest BCUT2D eigenvalue weighted by atomic mass is 9.97. The van der Waals surface area contributed by atoms with Crippen LogP contribution in [0.2, 0.25) is 1.41 Å². The summed E-state index contributed by atoms with van der Waals surface area (Å²) in [6, 6.07) is -4.00. The molecule has 1 rings (SSSR count). The molecule has 1 saturated heterocycles. The van der Waals surface area contributed by atoms with E-state index in [-0.39, 0.29) is 25.2 Å². The number of carboxylic acid groups (broad SMARTS) is 1. The monoisotopic (exact) mass is 918 g/mol. The van der Waals surface area contributed by atoms with Crippen molar-refractivity contribution in [3.8, 4) is 0 Å². The fourth-order valence-corrected chi connectivity index (χ4v) is 7.65. The molecule has 1 aliphatic rings. The molecular weight excluding hydrogens is 837 g/mol. The number of thiol groups is 1. The summed E-state index contributed by atoms with van der Waals surface area (Å²) in [6.45, 7) is 7.56. The average molecular weight is 918 g/mol. The van der Waals surface area contributed by atoms with Crippen molar-refractivity contribution in [2.45, 2.75) is 236 Å². The van der Waals surface area contributed by atoms with Gasteiger partial charge in [-0.1, -0.05) is 117 Å². The van der Waals surface area contributed by atoms with E-state index in [1.165, 1.54) is 72.1 Å². The lowest BCUT2D eigenvalue weighted by Crippen LogP contribution is -2.64. The minimum absolute atomic E-state index is 0.211. The van der Waals surface area contributed by atoms with Crippen molar-refractivity contribution in [3.05, 3.63) is 0 Å². The summed E-state index contributed by atoms with van der Waals surface area (Å²) in [5.41, 5.74) is 4.16. The third-order valence-corrected chi connectivity index (χ3v) is 11.4. The van der Waals surface area contributed by atoms with Crippen LogP contribution in [-0.4, -0.2) is 112 Å². The molecule has 0 radical (unpaired) electrons. The molecule has 17 nitrogen and oxygen atoms in total. The Kier molecular flexibility index (Phi) is 30.0. The van der Waals surface area contributed by atoms with Crippen LogP contribution in [0.5, 0.6) is 0 Å². The van der Waals surface area contributed by atoms with Gasteiger partial charge in [-0.25, -0.2) is 0 Å². The number of amides is 4. The number of nitrogens with two attached hydrogens (primary N) is 1. The number of esters is 2. The molecule has 0 aromatic rings. The first-order chi connectivity index (χ1) is 30.4. The maximum atomic E-state index is 13.3. The fourth-order valence-electron chi connectivity index (χ4n) is 7.25. The fraction of sp³-hybridized carbons (Fsp3) is 0.844. The Morgan fingerprint density at radius 2 is 1.32 bits per heavy atom. The van der Waals surface area contributed by atoms with Gasteiger partial charge >= 0.3 is 17.9 Å². The molecule has 63 heavy (non-hydrogen) atoms. The molecule has 0 aromatic heterocycles. The standard InChI is InChI=1S/C45H80N4O13S/c1-6-8-10-12-14-15-16-17-19-21-23-25-37(53)61-33(24-22-20-18-13-11-9-7-2)28-38(54)59-29-35-40(55)41(39(45(63)62-35)48-32(5)50)60-31(4)44(58)47-30(3)43(57)49-34(42(46)56)26-27-36(51)52/h30-31,33-35,39-41,45,55,63H,6-29H2,1-5H3,(H2,46,56)(H,47,58)(H,48,50)(H,49,57)(H,51,52)/t30-,31+,33+,34-,35+,39+,40+,41+,45-/m0/s1/i/hD. The SMILES string of the molecule is [2H]N(C(=O)[C@@H](C)O[C@H]1[C@H](O)[C@@H](COC(=O)C[C@@H](CCCCCCCCC)OC(=O)CCCCCCCCCCCCC)O[C@@H](S)[C@@H]1NC(C)=O)[C@@H](C)C(=O)N[C@@H](CCC(=O)O)C(N)=O. The van der Waals surface area contributed by atoms with Crippen molar-refractivity contribution < 1.29 is 64.1 Å². The van der Waals surface area contributed by atoms with Crippen LogP contribution in [0.3, 0.4) is 0 Å². The molecule has 0 spiro atoms. The van der Waals surface area contributed by atoms with E-state index in [9.17, 15) is 38.7 Å². The highest BCUT2D eigenvalue weighted by molar-refractivity contribution is 7.80. The minimum atomic E-state index is -1.61. The number of aliphatic hydroxyl groups is 1. The molecule has 4 amide bonds. The largest absolute Gasteiger partial charge is 0.481 e. The Morgan fingerprint density at radius 3 is 1.84 bits per heavy atom. The van der Waals surface area contributed by atoms with E-state index >= 15 is 0 Å². The molecule has 1 fully saturated rings. The van der Waals surface area contributed by atoms with Gasteiger partial charge in [-0.3, -0.25) is 33.6 Å². The molecule has 1 aliphatic heterocycles. The van der Waals surface area contributed by atoms with E-state index in [0.29, 0.717) is 18.2 Å². The Morgan fingerprint density at radius 1 is 0.778 bits per heavy atom. The molecule has 0 aromatic carbocycles. The molecule has 0 aliphatic carbocycles. The molecular formula is C45H80N4O13S. The number of hydrogen-bond donors (Lipinski definition) is 7.